The molecule has 0 spiro atoms. The molecule has 2 aliphatic rings. The summed E-state index contributed by atoms with van der Waals surface area (Å²) in [4.78, 5) is 4.47. The van der Waals surface area contributed by atoms with E-state index >= 15 is 0 Å². The molecule has 0 radical (unpaired) electrons. The fraction of sp³-hybridized carbons (Fsp3) is 0.429. The van der Waals surface area contributed by atoms with E-state index < -0.39 is 0 Å². The zero-order chi connectivity index (χ0) is 13.4. The molecule has 0 bridgehead atoms. The number of rotatable bonds is 2. The SMILES string of the molecule is Cl.c1cc2c(cc1-c1noc(C3COCCN3)n1)CCO2. The molecule has 1 N–H and O–H groups in total. The number of ether oxygens (including phenoxy) is 2. The van der Waals surface area contributed by atoms with E-state index in [0.717, 1.165) is 37.5 Å². The van der Waals surface area contributed by atoms with Gasteiger partial charge in [-0.2, -0.15) is 4.98 Å². The summed E-state index contributed by atoms with van der Waals surface area (Å²) in [7, 11) is 0. The number of halogens is 1. The second-order valence-electron chi connectivity index (χ2n) is 4.96. The summed E-state index contributed by atoms with van der Waals surface area (Å²) >= 11 is 0. The lowest BCUT2D eigenvalue weighted by molar-refractivity contribution is 0.0659. The molecule has 4 rings (SSSR count). The van der Waals surface area contributed by atoms with Gasteiger partial charge in [0.2, 0.25) is 11.7 Å². The fourth-order valence-corrected chi connectivity index (χ4v) is 2.54. The van der Waals surface area contributed by atoms with Crippen molar-refractivity contribution in [2.75, 3.05) is 26.4 Å². The van der Waals surface area contributed by atoms with Crippen LogP contribution in [0.25, 0.3) is 11.4 Å². The number of nitrogens with zero attached hydrogens (tertiary/aromatic N) is 2. The fourth-order valence-electron chi connectivity index (χ4n) is 2.54. The van der Waals surface area contributed by atoms with E-state index in [1.165, 1.54) is 5.56 Å². The summed E-state index contributed by atoms with van der Waals surface area (Å²) in [5, 5.41) is 7.37. The lowest BCUT2D eigenvalue weighted by Crippen LogP contribution is -2.34. The van der Waals surface area contributed by atoms with Crippen molar-refractivity contribution in [3.63, 3.8) is 0 Å². The molecule has 3 heterocycles. The van der Waals surface area contributed by atoms with E-state index in [4.69, 9.17) is 14.0 Å². The van der Waals surface area contributed by atoms with Gasteiger partial charge >= 0.3 is 0 Å². The maximum Gasteiger partial charge on any atom is 0.246 e. The Kier molecular flexibility index (Phi) is 4.10. The summed E-state index contributed by atoms with van der Waals surface area (Å²) in [5.41, 5.74) is 2.16. The van der Waals surface area contributed by atoms with E-state index in [9.17, 15) is 0 Å². The minimum Gasteiger partial charge on any atom is -0.493 e. The summed E-state index contributed by atoms with van der Waals surface area (Å²) in [6.07, 6.45) is 0.936. The number of morpholine rings is 1. The van der Waals surface area contributed by atoms with Gasteiger partial charge in [-0.3, -0.25) is 0 Å². The van der Waals surface area contributed by atoms with Crippen LogP contribution >= 0.6 is 12.4 Å². The molecule has 1 fully saturated rings. The van der Waals surface area contributed by atoms with Crippen LogP contribution in [0.3, 0.4) is 0 Å². The average Bonchev–Trinajstić information content (AvgIpc) is 3.16. The number of hydrogen-bond donors (Lipinski definition) is 1. The van der Waals surface area contributed by atoms with Gasteiger partial charge in [0.25, 0.3) is 0 Å². The first-order chi connectivity index (χ1) is 9.90. The van der Waals surface area contributed by atoms with Crippen LogP contribution in [0.1, 0.15) is 17.5 Å². The average molecular weight is 310 g/mol. The third-order valence-corrected chi connectivity index (χ3v) is 3.61. The Morgan fingerprint density at radius 2 is 2.19 bits per heavy atom. The molecule has 2 aromatic rings. The molecule has 21 heavy (non-hydrogen) atoms. The maximum atomic E-state index is 5.50. The van der Waals surface area contributed by atoms with Gasteiger partial charge in [0.05, 0.1) is 19.8 Å². The van der Waals surface area contributed by atoms with Crippen molar-refractivity contribution in [2.45, 2.75) is 12.5 Å². The van der Waals surface area contributed by atoms with Crippen molar-refractivity contribution in [1.29, 1.82) is 0 Å². The Balaban J connectivity index is 0.00000132. The van der Waals surface area contributed by atoms with Crippen molar-refractivity contribution in [1.82, 2.24) is 15.5 Å². The third-order valence-electron chi connectivity index (χ3n) is 3.61. The van der Waals surface area contributed by atoms with Gasteiger partial charge < -0.3 is 19.3 Å². The van der Waals surface area contributed by atoms with Crippen molar-refractivity contribution < 1.29 is 14.0 Å². The van der Waals surface area contributed by atoms with Gasteiger partial charge in [-0.1, -0.05) is 5.16 Å². The Hall–Kier alpha value is -1.63. The summed E-state index contributed by atoms with van der Waals surface area (Å²) < 4.78 is 16.2. The van der Waals surface area contributed by atoms with Crippen LogP contribution in [0.2, 0.25) is 0 Å². The molecular formula is C14H16ClN3O3. The van der Waals surface area contributed by atoms with Crippen molar-refractivity contribution >= 4 is 12.4 Å². The molecule has 7 heteroatoms. The molecule has 0 amide bonds. The molecule has 6 nitrogen and oxygen atoms in total. The quantitative estimate of drug-likeness (QED) is 0.911. The number of aromatic nitrogens is 2. The number of hydrogen-bond acceptors (Lipinski definition) is 6. The monoisotopic (exact) mass is 309 g/mol. The van der Waals surface area contributed by atoms with Crippen LogP contribution in [0.15, 0.2) is 22.7 Å². The Bertz CT molecular complexity index is 626. The van der Waals surface area contributed by atoms with Crippen LogP contribution in [0.4, 0.5) is 0 Å². The highest BCUT2D eigenvalue weighted by Gasteiger charge is 2.22. The zero-order valence-corrected chi connectivity index (χ0v) is 12.2. The molecule has 1 saturated heterocycles. The first-order valence-electron chi connectivity index (χ1n) is 6.81. The first-order valence-corrected chi connectivity index (χ1v) is 6.81. The molecule has 1 unspecified atom stereocenters. The molecule has 0 aliphatic carbocycles. The van der Waals surface area contributed by atoms with Crippen LogP contribution in [-0.4, -0.2) is 36.5 Å². The van der Waals surface area contributed by atoms with Gasteiger partial charge in [-0.15, -0.1) is 12.4 Å². The second-order valence-corrected chi connectivity index (χ2v) is 4.96. The maximum absolute atomic E-state index is 5.50. The standard InChI is InChI=1S/C14H15N3O3.ClH/c1-2-12-9(3-5-19-12)7-10(1)13-16-14(20-17-13)11-8-18-6-4-15-11;/h1-2,7,11,15H,3-6,8H2;1H. The third kappa shape index (κ3) is 2.74. The van der Waals surface area contributed by atoms with Crippen LogP contribution < -0.4 is 10.1 Å². The minimum absolute atomic E-state index is 0. The normalized spacial score (nSPS) is 20.5. The van der Waals surface area contributed by atoms with Crippen LogP contribution in [0, 0.1) is 0 Å². The van der Waals surface area contributed by atoms with Gasteiger partial charge in [-0.25, -0.2) is 0 Å². The lowest BCUT2D eigenvalue weighted by atomic mass is 10.1. The Labute approximate surface area is 128 Å². The van der Waals surface area contributed by atoms with Gasteiger partial charge in [0.1, 0.15) is 11.8 Å². The van der Waals surface area contributed by atoms with Gasteiger partial charge in [0, 0.05) is 18.5 Å². The molecular weight excluding hydrogens is 294 g/mol. The molecule has 112 valence electrons. The zero-order valence-electron chi connectivity index (χ0n) is 11.4. The van der Waals surface area contributed by atoms with E-state index in [2.05, 4.69) is 21.5 Å². The summed E-state index contributed by atoms with van der Waals surface area (Å²) in [6, 6.07) is 5.99. The highest BCUT2D eigenvalue weighted by atomic mass is 35.5. The van der Waals surface area contributed by atoms with Crippen LogP contribution in [0.5, 0.6) is 5.75 Å². The summed E-state index contributed by atoms with van der Waals surface area (Å²) in [5.74, 6) is 2.15. The topological polar surface area (TPSA) is 69.4 Å². The second kappa shape index (κ2) is 6.01. The highest BCUT2D eigenvalue weighted by Crippen LogP contribution is 2.29. The number of nitrogens with one attached hydrogen (secondary N) is 1. The van der Waals surface area contributed by atoms with E-state index in [-0.39, 0.29) is 18.4 Å². The molecule has 2 aliphatic heterocycles. The number of benzene rings is 1. The predicted molar refractivity (Wildman–Crippen MR) is 77.7 cm³/mol. The molecule has 1 aromatic heterocycles. The van der Waals surface area contributed by atoms with Crippen LogP contribution in [-0.2, 0) is 11.2 Å². The van der Waals surface area contributed by atoms with Crippen molar-refractivity contribution in [3.05, 3.63) is 29.7 Å². The Morgan fingerprint density at radius 3 is 3.05 bits per heavy atom. The predicted octanol–water partition coefficient (Wildman–Crippen LogP) is 1.75. The van der Waals surface area contributed by atoms with Crippen molar-refractivity contribution in [2.24, 2.45) is 0 Å². The molecule has 1 aromatic carbocycles. The molecule has 1 atom stereocenters. The van der Waals surface area contributed by atoms with Gasteiger partial charge in [-0.05, 0) is 23.8 Å². The lowest BCUT2D eigenvalue weighted by Gasteiger charge is -2.20. The summed E-state index contributed by atoms with van der Waals surface area (Å²) in [6.45, 7) is 2.85. The largest absolute Gasteiger partial charge is 0.493 e. The smallest absolute Gasteiger partial charge is 0.246 e. The Morgan fingerprint density at radius 1 is 1.24 bits per heavy atom. The van der Waals surface area contributed by atoms with E-state index in [1.807, 2.05) is 12.1 Å². The molecule has 0 saturated carbocycles. The van der Waals surface area contributed by atoms with E-state index in [0.29, 0.717) is 18.3 Å². The van der Waals surface area contributed by atoms with Gasteiger partial charge in [0.15, 0.2) is 0 Å². The first kappa shape index (κ1) is 14.3. The highest BCUT2D eigenvalue weighted by molar-refractivity contribution is 5.85. The van der Waals surface area contributed by atoms with E-state index in [1.54, 1.807) is 0 Å². The minimum atomic E-state index is -0.0113. The van der Waals surface area contributed by atoms with Crippen molar-refractivity contribution in [3.8, 4) is 17.1 Å². The number of fused-ring (bicyclic) bond motifs is 1.